The van der Waals surface area contributed by atoms with E-state index < -0.39 is 0 Å². The monoisotopic (exact) mass is 431 g/mol. The number of H-pyrrole nitrogens is 1. The predicted octanol–water partition coefficient (Wildman–Crippen LogP) is 4.86. The molecule has 0 aliphatic carbocycles. The number of urea groups is 1. The summed E-state index contributed by atoms with van der Waals surface area (Å²) in [6.45, 7) is 0. The fourth-order valence-corrected chi connectivity index (χ4v) is 3.97. The largest absolute Gasteiger partial charge is 0.341 e. The zero-order valence-corrected chi connectivity index (χ0v) is 17.6. The molecule has 0 atom stereocenters. The quantitative estimate of drug-likeness (QED) is 0.328. The maximum atomic E-state index is 12.9. The van der Waals surface area contributed by atoms with Crippen LogP contribution in [0, 0.1) is 0 Å². The van der Waals surface area contributed by atoms with Crippen molar-refractivity contribution in [1.29, 1.82) is 0 Å². The molecule has 4 N–H and O–H groups in total. The molecule has 3 amide bonds. The number of hydrogen-bond donors (Lipinski definition) is 4. The lowest BCUT2D eigenvalue weighted by molar-refractivity contribution is 0.102. The molecule has 0 radical (unpaired) electrons. The number of carbonyl (C=O) groups is 2. The highest BCUT2D eigenvalue weighted by atomic mass is 32.2. The number of hydrogen-bond acceptors (Lipinski definition) is 4. The van der Waals surface area contributed by atoms with Gasteiger partial charge in [0.1, 0.15) is 0 Å². The van der Waals surface area contributed by atoms with Crippen LogP contribution in [0.25, 0.3) is 11.0 Å². The van der Waals surface area contributed by atoms with Crippen molar-refractivity contribution in [3.63, 3.8) is 0 Å². The highest BCUT2D eigenvalue weighted by molar-refractivity contribution is 7.98. The van der Waals surface area contributed by atoms with Gasteiger partial charge < -0.3 is 20.9 Å². The topological polar surface area (TPSA) is 98.9 Å². The van der Waals surface area contributed by atoms with E-state index in [2.05, 4.69) is 25.9 Å². The van der Waals surface area contributed by atoms with Gasteiger partial charge in [0.2, 0.25) is 0 Å². The number of nitrogens with zero attached hydrogens (tertiary/aromatic N) is 1. The molecule has 4 aromatic rings. The fraction of sp³-hybridized carbons (Fsp3) is 0.0870. The van der Waals surface area contributed by atoms with E-state index in [4.69, 9.17) is 0 Å². The molecule has 0 bridgehead atoms. The van der Waals surface area contributed by atoms with Crippen molar-refractivity contribution in [1.82, 2.24) is 15.3 Å². The third-order valence-corrected chi connectivity index (χ3v) is 5.52. The Morgan fingerprint density at radius 3 is 2.48 bits per heavy atom. The molecule has 0 saturated heterocycles. The zero-order chi connectivity index (χ0) is 21.6. The van der Waals surface area contributed by atoms with E-state index in [0.29, 0.717) is 22.7 Å². The lowest BCUT2D eigenvalue weighted by atomic mass is 10.1. The first-order valence-electron chi connectivity index (χ1n) is 9.68. The fourth-order valence-electron chi connectivity index (χ4n) is 3.08. The molecule has 8 heteroatoms. The molecular formula is C23H21N5O2S. The number of imidazole rings is 1. The van der Waals surface area contributed by atoms with E-state index in [1.165, 1.54) is 0 Å². The van der Waals surface area contributed by atoms with Gasteiger partial charge in [0.05, 0.1) is 11.0 Å². The summed E-state index contributed by atoms with van der Waals surface area (Å²) in [5.74, 6) is 0.389. The van der Waals surface area contributed by atoms with Crippen LogP contribution in [-0.2, 0) is 5.75 Å². The van der Waals surface area contributed by atoms with Crippen LogP contribution in [0.3, 0.4) is 0 Å². The van der Waals surface area contributed by atoms with Gasteiger partial charge in [0.25, 0.3) is 5.91 Å². The van der Waals surface area contributed by atoms with Crippen molar-refractivity contribution >= 4 is 46.1 Å². The number of benzene rings is 3. The number of thioether (sulfide) groups is 1. The van der Waals surface area contributed by atoms with Gasteiger partial charge in [0, 0.05) is 29.7 Å². The minimum Gasteiger partial charge on any atom is -0.341 e. The molecular weight excluding hydrogens is 410 g/mol. The molecule has 3 aromatic carbocycles. The Hall–Kier alpha value is -3.78. The summed E-state index contributed by atoms with van der Waals surface area (Å²) in [6, 6.07) is 22.1. The second-order valence-electron chi connectivity index (χ2n) is 6.74. The highest BCUT2D eigenvalue weighted by Crippen LogP contribution is 2.25. The summed E-state index contributed by atoms with van der Waals surface area (Å²) < 4.78 is 0. The predicted molar refractivity (Wildman–Crippen MR) is 125 cm³/mol. The van der Waals surface area contributed by atoms with Crippen LogP contribution < -0.4 is 16.0 Å². The number of rotatable bonds is 6. The number of fused-ring (bicyclic) bond motifs is 1. The van der Waals surface area contributed by atoms with Crippen molar-refractivity contribution in [2.75, 3.05) is 17.7 Å². The Bertz CT molecular complexity index is 1200. The summed E-state index contributed by atoms with van der Waals surface area (Å²) in [4.78, 5) is 32.3. The molecule has 0 spiro atoms. The summed E-state index contributed by atoms with van der Waals surface area (Å²) in [7, 11) is 1.54. The van der Waals surface area contributed by atoms with Crippen LogP contribution in [0.1, 0.15) is 15.9 Å². The maximum Gasteiger partial charge on any atom is 0.318 e. The number of aromatic nitrogens is 2. The van der Waals surface area contributed by atoms with Gasteiger partial charge >= 0.3 is 6.03 Å². The number of para-hydroxylation sites is 2. The average molecular weight is 432 g/mol. The number of carbonyl (C=O) groups excluding carboxylic acids is 2. The first-order valence-corrected chi connectivity index (χ1v) is 10.7. The van der Waals surface area contributed by atoms with Crippen LogP contribution >= 0.6 is 11.8 Å². The molecule has 0 aliphatic rings. The molecule has 4 rings (SSSR count). The van der Waals surface area contributed by atoms with Gasteiger partial charge in [-0.05, 0) is 42.0 Å². The lowest BCUT2D eigenvalue weighted by Gasteiger charge is -2.11. The summed E-state index contributed by atoms with van der Waals surface area (Å²) in [5, 5.41) is 8.90. The standard InChI is InChI=1S/C23H21N5O2S/c1-24-22(30)26-17-9-6-8-16(13-17)25-21(29)18-10-3-2-7-15(18)14-31-23-27-19-11-4-5-12-20(19)28-23/h2-13H,14H2,1H3,(H,25,29)(H,27,28)(H2,24,26,30). The molecule has 0 unspecified atom stereocenters. The van der Waals surface area contributed by atoms with Crippen LogP contribution in [-0.4, -0.2) is 29.0 Å². The van der Waals surface area contributed by atoms with Gasteiger partial charge in [-0.25, -0.2) is 9.78 Å². The highest BCUT2D eigenvalue weighted by Gasteiger charge is 2.13. The minimum absolute atomic E-state index is 0.210. The van der Waals surface area contributed by atoms with E-state index in [1.54, 1.807) is 49.1 Å². The van der Waals surface area contributed by atoms with Crippen molar-refractivity contribution in [3.8, 4) is 0 Å². The Balaban J connectivity index is 1.47. The first-order chi connectivity index (χ1) is 15.1. The second kappa shape index (κ2) is 9.36. The van der Waals surface area contributed by atoms with Gasteiger partial charge in [-0.15, -0.1) is 0 Å². The van der Waals surface area contributed by atoms with E-state index in [9.17, 15) is 9.59 Å². The van der Waals surface area contributed by atoms with Gasteiger partial charge in [-0.1, -0.05) is 48.2 Å². The molecule has 0 aliphatic heterocycles. The molecule has 0 saturated carbocycles. The van der Waals surface area contributed by atoms with Crippen LogP contribution in [0.2, 0.25) is 0 Å². The lowest BCUT2D eigenvalue weighted by Crippen LogP contribution is -2.24. The second-order valence-corrected chi connectivity index (χ2v) is 7.71. The van der Waals surface area contributed by atoms with Crippen molar-refractivity contribution in [2.24, 2.45) is 0 Å². The number of amides is 3. The third kappa shape index (κ3) is 5.04. The Kier molecular flexibility index (Phi) is 6.18. The Labute approximate surface area is 183 Å². The van der Waals surface area contributed by atoms with Gasteiger partial charge in [0.15, 0.2) is 5.16 Å². The van der Waals surface area contributed by atoms with E-state index in [1.807, 2.05) is 42.5 Å². The normalized spacial score (nSPS) is 10.6. The summed E-state index contributed by atoms with van der Waals surface area (Å²) in [6.07, 6.45) is 0. The smallest absolute Gasteiger partial charge is 0.318 e. The van der Waals surface area contributed by atoms with Gasteiger partial charge in [-0.2, -0.15) is 0 Å². The molecule has 156 valence electrons. The molecule has 7 nitrogen and oxygen atoms in total. The molecule has 0 fully saturated rings. The van der Waals surface area contributed by atoms with Gasteiger partial charge in [-0.3, -0.25) is 4.79 Å². The summed E-state index contributed by atoms with van der Waals surface area (Å²) in [5.41, 5.74) is 4.59. The molecule has 31 heavy (non-hydrogen) atoms. The van der Waals surface area contributed by atoms with E-state index in [0.717, 1.165) is 21.8 Å². The third-order valence-electron chi connectivity index (χ3n) is 4.60. The SMILES string of the molecule is CNC(=O)Nc1cccc(NC(=O)c2ccccc2CSc2nc3ccccc3[nH]2)c1. The van der Waals surface area contributed by atoms with Crippen LogP contribution in [0.4, 0.5) is 16.2 Å². The maximum absolute atomic E-state index is 12.9. The van der Waals surface area contributed by atoms with Crippen LogP contribution in [0.15, 0.2) is 78.0 Å². The zero-order valence-electron chi connectivity index (χ0n) is 16.8. The van der Waals surface area contributed by atoms with Crippen molar-refractivity contribution < 1.29 is 9.59 Å². The average Bonchev–Trinajstić information content (AvgIpc) is 3.21. The molecule has 1 aromatic heterocycles. The Morgan fingerprint density at radius 1 is 0.935 bits per heavy atom. The van der Waals surface area contributed by atoms with E-state index in [-0.39, 0.29) is 11.9 Å². The molecule has 1 heterocycles. The van der Waals surface area contributed by atoms with Crippen molar-refractivity contribution in [2.45, 2.75) is 10.9 Å². The first kappa shape index (κ1) is 20.5. The number of nitrogens with one attached hydrogen (secondary N) is 4. The van der Waals surface area contributed by atoms with Crippen molar-refractivity contribution in [3.05, 3.63) is 83.9 Å². The summed E-state index contributed by atoms with van der Waals surface area (Å²) >= 11 is 1.55. The van der Waals surface area contributed by atoms with E-state index >= 15 is 0 Å². The number of anilines is 2. The minimum atomic E-state index is -0.323. The Morgan fingerprint density at radius 2 is 1.68 bits per heavy atom. The van der Waals surface area contributed by atoms with Crippen LogP contribution in [0.5, 0.6) is 0 Å². The number of aromatic amines is 1.